The van der Waals surface area contributed by atoms with Gasteiger partial charge in [0.2, 0.25) is 0 Å². The molecule has 2 rings (SSSR count). The Bertz CT molecular complexity index is 390. The van der Waals surface area contributed by atoms with E-state index in [9.17, 15) is 4.57 Å². The van der Waals surface area contributed by atoms with Crippen molar-refractivity contribution in [2.45, 2.75) is 31.8 Å². The molecule has 0 spiro atoms. The minimum absolute atomic E-state index is 0.159. The zero-order valence-corrected chi connectivity index (χ0v) is 10.7. The first-order chi connectivity index (χ1) is 7.82. The van der Waals surface area contributed by atoms with E-state index in [1.165, 1.54) is 5.56 Å². The van der Waals surface area contributed by atoms with Gasteiger partial charge < -0.3 is 20.3 Å². The molecule has 5 nitrogen and oxygen atoms in total. The van der Waals surface area contributed by atoms with E-state index in [1.54, 1.807) is 6.92 Å². The van der Waals surface area contributed by atoms with Crippen molar-refractivity contribution in [2.24, 2.45) is 5.73 Å². The number of rotatable bonds is 2. The van der Waals surface area contributed by atoms with Crippen molar-refractivity contribution in [1.82, 2.24) is 0 Å². The third kappa shape index (κ3) is 4.98. The first-order valence-corrected chi connectivity index (χ1v) is 7.01. The lowest BCUT2D eigenvalue weighted by atomic mass is 10.1. The molecule has 3 atom stereocenters. The molecule has 0 saturated carbocycles. The van der Waals surface area contributed by atoms with Crippen molar-refractivity contribution < 1.29 is 19.1 Å². The van der Waals surface area contributed by atoms with Gasteiger partial charge in [0.15, 0.2) is 5.85 Å². The van der Waals surface area contributed by atoms with E-state index in [2.05, 4.69) is 4.74 Å². The minimum Gasteiger partial charge on any atom is -0.356 e. The largest absolute Gasteiger partial charge is 0.356 e. The molecule has 0 radical (unpaired) electrons. The highest BCUT2D eigenvalue weighted by molar-refractivity contribution is 7.52. The molecule has 1 aliphatic rings. The molecule has 0 aromatic heterocycles. The van der Waals surface area contributed by atoms with E-state index in [4.69, 9.17) is 15.5 Å². The summed E-state index contributed by atoms with van der Waals surface area (Å²) in [5.41, 5.74) is 6.81. The van der Waals surface area contributed by atoms with Gasteiger partial charge >= 0.3 is 7.60 Å². The van der Waals surface area contributed by atoms with Crippen LogP contribution in [0.3, 0.4) is 0 Å². The summed E-state index contributed by atoms with van der Waals surface area (Å²) in [6.45, 7) is 3.61. The lowest BCUT2D eigenvalue weighted by Gasteiger charge is -2.02. The zero-order valence-electron chi connectivity index (χ0n) is 9.85. The van der Waals surface area contributed by atoms with Gasteiger partial charge in [-0.25, -0.2) is 0 Å². The Kier molecular flexibility index (Phi) is 4.86. The second-order valence-corrected chi connectivity index (χ2v) is 5.71. The average molecular weight is 259 g/mol. The second kappa shape index (κ2) is 5.76. The van der Waals surface area contributed by atoms with Crippen LogP contribution < -0.4 is 5.73 Å². The summed E-state index contributed by atoms with van der Waals surface area (Å²) in [5, 5.41) is 0. The maximum Gasteiger partial charge on any atom is 0.356 e. The number of hydrogen-bond donors (Lipinski definition) is 3. The Morgan fingerprint density at radius 3 is 2.00 bits per heavy atom. The van der Waals surface area contributed by atoms with Gasteiger partial charge in [-0.05, 0) is 19.4 Å². The fourth-order valence-corrected chi connectivity index (χ4v) is 2.18. The molecular weight excluding hydrogens is 241 g/mol. The van der Waals surface area contributed by atoms with Crippen LogP contribution in [0.4, 0.5) is 0 Å². The predicted octanol–water partition coefficient (Wildman–Crippen LogP) is 1.62. The third-order valence-electron chi connectivity index (χ3n) is 2.34. The molecule has 1 heterocycles. The number of nitrogens with two attached hydrogens (primary N) is 1. The molecular formula is C11H18NO4P. The maximum absolute atomic E-state index is 10.2. The molecule has 1 fully saturated rings. The number of hydrogen-bond acceptors (Lipinski definition) is 3. The van der Waals surface area contributed by atoms with E-state index in [-0.39, 0.29) is 12.1 Å². The molecule has 4 N–H and O–H groups in total. The standard InChI is InChI=1S/C8H11N.C3H7O4P/c1-7(9)8-5-3-2-4-6-8;1-2-3(7-2)8(4,5)6/h2-7H,9H2,1H3;2-3H,1H3,(H2,4,5,6)/t7-;2-,3+/m01/s1. The fourth-order valence-electron chi connectivity index (χ4n) is 1.28. The van der Waals surface area contributed by atoms with Crippen LogP contribution in [0.25, 0.3) is 0 Å². The lowest BCUT2D eigenvalue weighted by molar-refractivity contribution is 0.333. The topological polar surface area (TPSA) is 96.1 Å². The van der Waals surface area contributed by atoms with Crippen molar-refractivity contribution >= 4 is 7.60 Å². The zero-order chi connectivity index (χ0) is 13.1. The van der Waals surface area contributed by atoms with Crippen LogP contribution in [0.2, 0.25) is 0 Å². The average Bonchev–Trinajstić information content (AvgIpc) is 2.98. The highest BCUT2D eigenvalue weighted by Gasteiger charge is 2.48. The monoisotopic (exact) mass is 259 g/mol. The van der Waals surface area contributed by atoms with Crippen LogP contribution in [0, 0.1) is 0 Å². The molecule has 6 heteroatoms. The van der Waals surface area contributed by atoms with Crippen molar-refractivity contribution in [2.75, 3.05) is 0 Å². The van der Waals surface area contributed by atoms with Crippen molar-refractivity contribution in [3.05, 3.63) is 35.9 Å². The predicted molar refractivity (Wildman–Crippen MR) is 65.4 cm³/mol. The smallest absolute Gasteiger partial charge is 0.356 e. The Morgan fingerprint density at radius 1 is 1.35 bits per heavy atom. The van der Waals surface area contributed by atoms with E-state index < -0.39 is 13.4 Å². The Labute approximate surface area is 101 Å². The molecule has 17 heavy (non-hydrogen) atoms. The van der Waals surface area contributed by atoms with Gasteiger partial charge in [-0.1, -0.05) is 30.3 Å². The van der Waals surface area contributed by atoms with Crippen LogP contribution in [-0.4, -0.2) is 21.7 Å². The number of ether oxygens (including phenoxy) is 1. The quantitative estimate of drug-likeness (QED) is 0.554. The van der Waals surface area contributed by atoms with E-state index >= 15 is 0 Å². The molecule has 0 aliphatic carbocycles. The molecule has 1 aromatic carbocycles. The van der Waals surface area contributed by atoms with Crippen LogP contribution >= 0.6 is 7.60 Å². The van der Waals surface area contributed by atoms with Gasteiger partial charge in [0, 0.05) is 6.04 Å². The van der Waals surface area contributed by atoms with Crippen molar-refractivity contribution in [3.63, 3.8) is 0 Å². The highest BCUT2D eigenvalue weighted by atomic mass is 31.2. The summed E-state index contributed by atoms with van der Waals surface area (Å²) in [5.74, 6) is -0.817. The van der Waals surface area contributed by atoms with Gasteiger partial charge in [-0.15, -0.1) is 0 Å². The van der Waals surface area contributed by atoms with E-state index in [1.807, 2.05) is 37.3 Å². The van der Waals surface area contributed by atoms with Crippen LogP contribution in [0.1, 0.15) is 25.5 Å². The number of benzene rings is 1. The summed E-state index contributed by atoms with van der Waals surface area (Å²) in [6.07, 6.45) is -0.254. The first kappa shape index (κ1) is 14.4. The van der Waals surface area contributed by atoms with Gasteiger partial charge in [0.05, 0.1) is 6.10 Å². The molecule has 96 valence electrons. The van der Waals surface area contributed by atoms with E-state index in [0.29, 0.717) is 0 Å². The summed E-state index contributed by atoms with van der Waals surface area (Å²) < 4.78 is 14.7. The normalized spacial score (nSPS) is 24.5. The van der Waals surface area contributed by atoms with Crippen molar-refractivity contribution in [1.29, 1.82) is 0 Å². The minimum atomic E-state index is -3.90. The second-order valence-electron chi connectivity index (χ2n) is 4.02. The SMILES string of the molecule is C[C@H](N)c1ccccc1.C[C@H]1O[C@H]1P(=O)(O)O. The lowest BCUT2D eigenvalue weighted by Crippen LogP contribution is -2.03. The van der Waals surface area contributed by atoms with Gasteiger partial charge in [0.1, 0.15) is 0 Å². The summed E-state index contributed by atoms with van der Waals surface area (Å²) >= 11 is 0. The molecule has 1 aromatic rings. The Morgan fingerprint density at radius 2 is 1.82 bits per heavy atom. The Balaban J connectivity index is 0.000000171. The molecule has 1 saturated heterocycles. The van der Waals surface area contributed by atoms with Gasteiger partial charge in [0.25, 0.3) is 0 Å². The van der Waals surface area contributed by atoms with Gasteiger partial charge in [-0.2, -0.15) is 0 Å². The van der Waals surface area contributed by atoms with Gasteiger partial charge in [-0.3, -0.25) is 4.57 Å². The van der Waals surface area contributed by atoms with Crippen LogP contribution in [-0.2, 0) is 9.30 Å². The molecule has 0 amide bonds. The fraction of sp³-hybridized carbons (Fsp3) is 0.455. The summed E-state index contributed by atoms with van der Waals surface area (Å²) in [4.78, 5) is 16.6. The third-order valence-corrected chi connectivity index (χ3v) is 3.54. The summed E-state index contributed by atoms with van der Waals surface area (Å²) in [6, 6.07) is 10.2. The maximum atomic E-state index is 10.2. The molecule has 1 aliphatic heterocycles. The molecule has 0 unspecified atom stereocenters. The first-order valence-electron chi connectivity index (χ1n) is 5.33. The van der Waals surface area contributed by atoms with E-state index in [0.717, 1.165) is 0 Å². The summed E-state index contributed by atoms with van der Waals surface area (Å²) in [7, 11) is -3.90. The van der Waals surface area contributed by atoms with Crippen molar-refractivity contribution in [3.8, 4) is 0 Å². The molecule has 0 bridgehead atoms. The van der Waals surface area contributed by atoms with Crippen LogP contribution in [0.5, 0.6) is 0 Å². The Hall–Kier alpha value is -0.710. The number of epoxide rings is 1. The highest BCUT2D eigenvalue weighted by Crippen LogP contribution is 2.52. The van der Waals surface area contributed by atoms with Crippen LogP contribution in [0.15, 0.2) is 30.3 Å².